The Morgan fingerprint density at radius 3 is 3.00 bits per heavy atom. The van der Waals surface area contributed by atoms with Crippen LogP contribution in [0.25, 0.3) is 0 Å². The molecule has 2 N–H and O–H groups in total. The van der Waals surface area contributed by atoms with Crippen LogP contribution in [0, 0.1) is 0 Å². The van der Waals surface area contributed by atoms with Gasteiger partial charge < -0.3 is 10.4 Å². The van der Waals surface area contributed by atoms with Crippen molar-refractivity contribution in [2.75, 3.05) is 5.75 Å². The van der Waals surface area contributed by atoms with E-state index in [0.717, 1.165) is 35.2 Å². The van der Waals surface area contributed by atoms with Gasteiger partial charge in [-0.1, -0.05) is 30.0 Å². The van der Waals surface area contributed by atoms with Crippen LogP contribution >= 0.6 is 23.5 Å². The fraction of sp³-hybridized carbons (Fsp3) is 0.286. The normalized spacial score (nSPS) is 24.4. The Morgan fingerprint density at radius 2 is 2.18 bits per heavy atom. The van der Waals surface area contributed by atoms with Crippen molar-refractivity contribution in [2.45, 2.75) is 23.0 Å². The third-order valence-corrected chi connectivity index (χ3v) is 5.34. The lowest BCUT2D eigenvalue weighted by molar-refractivity contribution is -0.138. The number of rotatable bonds is 3. The number of amides is 1. The second-order valence-corrected chi connectivity index (χ2v) is 7.07. The van der Waals surface area contributed by atoms with Gasteiger partial charge in [-0.15, -0.1) is 16.9 Å². The highest BCUT2D eigenvalue weighted by molar-refractivity contribution is 8.15. The van der Waals surface area contributed by atoms with E-state index in [4.69, 9.17) is 5.11 Å². The summed E-state index contributed by atoms with van der Waals surface area (Å²) in [5.41, 5.74) is 1.96. The molecule has 0 aliphatic carbocycles. The Kier molecular flexibility index (Phi) is 4.49. The minimum absolute atomic E-state index is 0.217. The topological polar surface area (TPSA) is 91.1 Å². The van der Waals surface area contributed by atoms with Crippen LogP contribution < -0.4 is 5.32 Å². The lowest BCUT2D eigenvalue weighted by Gasteiger charge is -2.15. The van der Waals surface area contributed by atoms with Crippen LogP contribution in [-0.4, -0.2) is 38.9 Å². The molecular weight excluding hydrogens is 322 g/mol. The number of carbonyl (C=O) groups is 2. The van der Waals surface area contributed by atoms with Gasteiger partial charge >= 0.3 is 5.97 Å². The highest BCUT2D eigenvalue weighted by Crippen LogP contribution is 2.30. The first kappa shape index (κ1) is 15.1. The minimum Gasteiger partial charge on any atom is -0.481 e. The van der Waals surface area contributed by atoms with Crippen LogP contribution in [0.3, 0.4) is 0 Å². The highest BCUT2D eigenvalue weighted by Gasteiger charge is 2.32. The third kappa shape index (κ3) is 3.33. The summed E-state index contributed by atoms with van der Waals surface area (Å²) in [6, 6.07) is 8.01. The molecule has 114 valence electrons. The molecule has 0 spiro atoms. The van der Waals surface area contributed by atoms with Crippen LogP contribution in [0.2, 0.25) is 0 Å². The first-order valence-electron chi connectivity index (χ1n) is 6.69. The van der Waals surface area contributed by atoms with Crippen LogP contribution in [0.4, 0.5) is 0 Å². The van der Waals surface area contributed by atoms with E-state index in [1.807, 2.05) is 18.2 Å². The molecule has 2 heterocycles. The van der Waals surface area contributed by atoms with Crippen molar-refractivity contribution < 1.29 is 14.7 Å². The number of amidine groups is 1. The zero-order valence-electron chi connectivity index (χ0n) is 11.5. The van der Waals surface area contributed by atoms with E-state index in [2.05, 4.69) is 21.6 Å². The molecule has 1 saturated heterocycles. The van der Waals surface area contributed by atoms with Crippen molar-refractivity contribution in [3.63, 3.8) is 0 Å². The summed E-state index contributed by atoms with van der Waals surface area (Å²) < 4.78 is 0. The molecule has 8 heteroatoms. The quantitative estimate of drug-likeness (QED) is 0.824. The number of benzene rings is 1. The van der Waals surface area contributed by atoms with E-state index < -0.39 is 11.2 Å². The molecule has 22 heavy (non-hydrogen) atoms. The Balaban J connectivity index is 1.77. The van der Waals surface area contributed by atoms with Gasteiger partial charge in [0.05, 0.1) is 12.1 Å². The number of carbonyl (C=O) groups excluding carboxylic acids is 1. The van der Waals surface area contributed by atoms with E-state index in [1.54, 1.807) is 11.8 Å². The number of hydrogen-bond donors (Lipinski definition) is 2. The molecule has 1 atom stereocenters. The number of carboxylic acids is 1. The number of fused-ring (bicyclic) bond motifs is 1. The molecule has 0 bridgehead atoms. The average molecular weight is 335 g/mol. The molecule has 2 aliphatic rings. The Labute approximate surface area is 135 Å². The number of thioether (sulfide) groups is 2. The van der Waals surface area contributed by atoms with Gasteiger partial charge in [0.15, 0.2) is 5.17 Å². The van der Waals surface area contributed by atoms with Gasteiger partial charge in [-0.2, -0.15) is 5.10 Å². The Hall–Kier alpha value is -1.80. The second kappa shape index (κ2) is 6.53. The molecule has 0 radical (unpaired) electrons. The fourth-order valence-corrected chi connectivity index (χ4v) is 4.12. The fourth-order valence-electron chi connectivity index (χ4n) is 2.18. The molecule has 2 aliphatic heterocycles. The summed E-state index contributed by atoms with van der Waals surface area (Å²) in [7, 11) is 0. The molecule has 3 rings (SSSR count). The molecule has 1 amide bonds. The summed E-state index contributed by atoms with van der Waals surface area (Å²) in [5, 5.41) is 19.4. The van der Waals surface area contributed by atoms with Crippen molar-refractivity contribution in [1.29, 1.82) is 0 Å². The first-order chi connectivity index (χ1) is 10.6. The van der Waals surface area contributed by atoms with Crippen LogP contribution in [0.15, 0.2) is 39.4 Å². The highest BCUT2D eigenvalue weighted by atomic mass is 32.2. The standard InChI is InChI=1S/C14H13N3O3S2/c18-12(19)7-11-13(20)15-14(22-11)17-16-9-5-6-21-10-4-2-1-3-8(9)10/h1-4,11H,5-7H2,(H,18,19)(H,15,17,20). The Bertz CT molecular complexity index is 688. The zero-order chi connectivity index (χ0) is 15.5. The van der Waals surface area contributed by atoms with Crippen LogP contribution in [0.1, 0.15) is 18.4 Å². The monoisotopic (exact) mass is 335 g/mol. The minimum atomic E-state index is -1.00. The van der Waals surface area contributed by atoms with Crippen molar-refractivity contribution in [2.24, 2.45) is 10.2 Å². The van der Waals surface area contributed by atoms with Gasteiger partial charge in [0.25, 0.3) is 0 Å². The number of nitrogens with zero attached hydrogens (tertiary/aromatic N) is 2. The lowest BCUT2D eigenvalue weighted by atomic mass is 10.1. The predicted octanol–water partition coefficient (Wildman–Crippen LogP) is 1.95. The molecule has 6 nitrogen and oxygen atoms in total. The smallest absolute Gasteiger partial charge is 0.305 e. The molecular formula is C14H13N3O3S2. The summed E-state index contributed by atoms with van der Waals surface area (Å²) in [6.07, 6.45) is 0.598. The molecule has 1 aromatic carbocycles. The van der Waals surface area contributed by atoms with Gasteiger partial charge in [-0.05, 0) is 6.07 Å². The van der Waals surface area contributed by atoms with Gasteiger partial charge in [-0.25, -0.2) is 0 Å². The predicted molar refractivity (Wildman–Crippen MR) is 87.5 cm³/mol. The SMILES string of the molecule is O=C(O)CC1SC(=NN=C2CCSc3ccccc32)NC1=O. The van der Waals surface area contributed by atoms with Crippen molar-refractivity contribution in [3.8, 4) is 0 Å². The van der Waals surface area contributed by atoms with Crippen molar-refractivity contribution in [3.05, 3.63) is 29.8 Å². The molecule has 1 unspecified atom stereocenters. The van der Waals surface area contributed by atoms with Crippen molar-refractivity contribution >= 4 is 46.3 Å². The van der Waals surface area contributed by atoms with E-state index >= 15 is 0 Å². The average Bonchev–Trinajstić information content (AvgIpc) is 2.84. The maximum Gasteiger partial charge on any atom is 0.305 e. The zero-order valence-corrected chi connectivity index (χ0v) is 13.1. The van der Waals surface area contributed by atoms with Crippen LogP contribution in [-0.2, 0) is 9.59 Å². The van der Waals surface area contributed by atoms with Crippen LogP contribution in [0.5, 0.6) is 0 Å². The molecule has 1 fully saturated rings. The summed E-state index contributed by atoms with van der Waals surface area (Å²) >= 11 is 2.90. The molecule has 1 aromatic rings. The van der Waals surface area contributed by atoms with Gasteiger partial charge in [-0.3, -0.25) is 9.59 Å². The number of aliphatic carboxylic acids is 1. The summed E-state index contributed by atoms with van der Waals surface area (Å²) in [6.45, 7) is 0. The summed E-state index contributed by atoms with van der Waals surface area (Å²) in [5.74, 6) is -0.383. The van der Waals surface area contributed by atoms with Gasteiger partial charge in [0.1, 0.15) is 5.25 Å². The number of nitrogens with one attached hydrogen (secondary N) is 1. The van der Waals surface area contributed by atoms with Crippen molar-refractivity contribution in [1.82, 2.24) is 5.32 Å². The van der Waals surface area contributed by atoms with E-state index in [0.29, 0.717) is 5.17 Å². The maximum absolute atomic E-state index is 11.6. The largest absolute Gasteiger partial charge is 0.481 e. The number of hydrogen-bond acceptors (Lipinski definition) is 6. The molecule has 0 saturated carbocycles. The van der Waals surface area contributed by atoms with E-state index in [1.165, 1.54) is 4.90 Å². The third-order valence-electron chi connectivity index (χ3n) is 3.19. The maximum atomic E-state index is 11.6. The van der Waals surface area contributed by atoms with Gasteiger partial charge in [0, 0.05) is 22.6 Å². The lowest BCUT2D eigenvalue weighted by Crippen LogP contribution is -2.26. The molecule has 0 aromatic heterocycles. The Morgan fingerprint density at radius 1 is 1.36 bits per heavy atom. The van der Waals surface area contributed by atoms with E-state index in [9.17, 15) is 9.59 Å². The van der Waals surface area contributed by atoms with Gasteiger partial charge in [0.2, 0.25) is 5.91 Å². The summed E-state index contributed by atoms with van der Waals surface area (Å²) in [4.78, 5) is 23.5. The van der Waals surface area contributed by atoms with E-state index in [-0.39, 0.29) is 12.3 Å². The number of carboxylic acid groups (broad SMARTS) is 1. The second-order valence-electron chi connectivity index (χ2n) is 4.74. The first-order valence-corrected chi connectivity index (χ1v) is 8.56.